The molecular formula is C12H19N3O2. The Labute approximate surface area is 101 Å². The van der Waals surface area contributed by atoms with Crippen LogP contribution in [0, 0.1) is 0 Å². The summed E-state index contributed by atoms with van der Waals surface area (Å²) in [4.78, 5) is 19.7. The van der Waals surface area contributed by atoms with Gasteiger partial charge in [-0.2, -0.15) is 0 Å². The van der Waals surface area contributed by atoms with Crippen LogP contribution in [0.5, 0.6) is 0 Å². The van der Waals surface area contributed by atoms with E-state index in [9.17, 15) is 4.79 Å². The Morgan fingerprint density at radius 1 is 1.47 bits per heavy atom. The van der Waals surface area contributed by atoms with Crippen LogP contribution in [0.4, 0.5) is 0 Å². The van der Waals surface area contributed by atoms with E-state index >= 15 is 0 Å². The van der Waals surface area contributed by atoms with Gasteiger partial charge in [0.25, 0.3) is 0 Å². The van der Waals surface area contributed by atoms with E-state index in [1.54, 1.807) is 18.6 Å². The van der Waals surface area contributed by atoms with Crippen LogP contribution < -0.4 is 5.73 Å². The first kappa shape index (κ1) is 13.6. The van der Waals surface area contributed by atoms with Gasteiger partial charge in [-0.15, -0.1) is 0 Å². The number of hydrogen-bond donors (Lipinski definition) is 1. The molecule has 1 aromatic rings. The molecule has 0 radical (unpaired) electrons. The van der Waals surface area contributed by atoms with Crippen LogP contribution in [0.3, 0.4) is 0 Å². The molecule has 0 spiro atoms. The smallest absolute Gasteiger partial charge is 0.323 e. The molecule has 2 N–H and O–H groups in total. The minimum atomic E-state index is -0.615. The van der Waals surface area contributed by atoms with Crippen LogP contribution in [0.25, 0.3) is 0 Å². The van der Waals surface area contributed by atoms with Crippen molar-refractivity contribution in [3.8, 4) is 0 Å². The number of nitrogens with two attached hydrogens (primary N) is 1. The van der Waals surface area contributed by atoms with E-state index in [4.69, 9.17) is 10.5 Å². The van der Waals surface area contributed by atoms with Gasteiger partial charge in [0.2, 0.25) is 0 Å². The molecule has 0 bridgehead atoms. The molecule has 0 saturated heterocycles. The zero-order valence-corrected chi connectivity index (χ0v) is 10.5. The topological polar surface area (TPSA) is 78.1 Å². The molecule has 0 aliphatic carbocycles. The van der Waals surface area contributed by atoms with Crippen molar-refractivity contribution in [3.63, 3.8) is 0 Å². The predicted molar refractivity (Wildman–Crippen MR) is 64.2 cm³/mol. The molecule has 94 valence electrons. The third-order valence-corrected chi connectivity index (χ3v) is 2.04. The number of rotatable bonds is 4. The minimum absolute atomic E-state index is 0.374. The van der Waals surface area contributed by atoms with Gasteiger partial charge < -0.3 is 10.5 Å². The minimum Gasteiger partial charge on any atom is -0.459 e. The normalized spacial score (nSPS) is 13.2. The van der Waals surface area contributed by atoms with E-state index in [1.165, 1.54) is 0 Å². The first-order chi connectivity index (χ1) is 7.88. The number of nitrogens with zero attached hydrogens (tertiary/aromatic N) is 2. The van der Waals surface area contributed by atoms with Crippen molar-refractivity contribution in [2.24, 2.45) is 5.73 Å². The standard InChI is InChI=1S/C12H19N3O2/c1-12(2,3)17-11(16)10(13)5-4-9-8-14-6-7-15-9/h6-8,10H,4-5,13H2,1-3H3. The zero-order valence-electron chi connectivity index (χ0n) is 10.5. The van der Waals surface area contributed by atoms with E-state index in [1.807, 2.05) is 20.8 Å². The highest BCUT2D eigenvalue weighted by molar-refractivity contribution is 5.75. The van der Waals surface area contributed by atoms with E-state index in [-0.39, 0.29) is 5.97 Å². The fraction of sp³-hybridized carbons (Fsp3) is 0.583. The van der Waals surface area contributed by atoms with Crippen LogP contribution in [0.2, 0.25) is 0 Å². The number of carbonyl (C=O) groups is 1. The molecule has 0 aromatic carbocycles. The van der Waals surface area contributed by atoms with Crippen molar-refractivity contribution in [1.82, 2.24) is 9.97 Å². The molecule has 0 aliphatic rings. The van der Waals surface area contributed by atoms with Crippen LogP contribution >= 0.6 is 0 Å². The monoisotopic (exact) mass is 237 g/mol. The molecule has 0 aliphatic heterocycles. The Kier molecular flexibility index (Phi) is 4.57. The Balaban J connectivity index is 2.40. The van der Waals surface area contributed by atoms with Gasteiger partial charge in [-0.25, -0.2) is 0 Å². The molecule has 1 rings (SSSR count). The number of hydrogen-bond acceptors (Lipinski definition) is 5. The lowest BCUT2D eigenvalue weighted by atomic mass is 10.1. The van der Waals surface area contributed by atoms with Crippen molar-refractivity contribution >= 4 is 5.97 Å². The van der Waals surface area contributed by atoms with E-state index in [2.05, 4.69) is 9.97 Å². The van der Waals surface area contributed by atoms with Crippen molar-refractivity contribution in [2.45, 2.75) is 45.3 Å². The molecule has 1 heterocycles. The van der Waals surface area contributed by atoms with E-state index in [0.717, 1.165) is 5.69 Å². The van der Waals surface area contributed by atoms with Gasteiger partial charge in [0.15, 0.2) is 0 Å². The summed E-state index contributed by atoms with van der Waals surface area (Å²) in [6.07, 6.45) is 6.02. The Morgan fingerprint density at radius 2 is 2.18 bits per heavy atom. The SMILES string of the molecule is CC(C)(C)OC(=O)C(N)CCc1cnccn1. The Bertz CT molecular complexity index is 360. The largest absolute Gasteiger partial charge is 0.459 e. The van der Waals surface area contributed by atoms with Gasteiger partial charge in [-0.05, 0) is 33.6 Å². The molecule has 17 heavy (non-hydrogen) atoms. The van der Waals surface area contributed by atoms with Crippen molar-refractivity contribution in [2.75, 3.05) is 0 Å². The molecule has 0 fully saturated rings. The highest BCUT2D eigenvalue weighted by atomic mass is 16.6. The second-order valence-corrected chi connectivity index (χ2v) is 4.88. The highest BCUT2D eigenvalue weighted by Gasteiger charge is 2.21. The second kappa shape index (κ2) is 5.72. The summed E-state index contributed by atoms with van der Waals surface area (Å²) in [5.41, 5.74) is 6.08. The van der Waals surface area contributed by atoms with Crippen molar-refractivity contribution < 1.29 is 9.53 Å². The van der Waals surface area contributed by atoms with Gasteiger partial charge in [0.05, 0.1) is 5.69 Å². The molecule has 1 unspecified atom stereocenters. The first-order valence-corrected chi connectivity index (χ1v) is 5.62. The van der Waals surface area contributed by atoms with Crippen LogP contribution in [-0.2, 0) is 16.0 Å². The summed E-state index contributed by atoms with van der Waals surface area (Å²) < 4.78 is 5.19. The Morgan fingerprint density at radius 3 is 2.71 bits per heavy atom. The molecule has 1 aromatic heterocycles. The number of esters is 1. The lowest BCUT2D eigenvalue weighted by Crippen LogP contribution is -2.37. The predicted octanol–water partition coefficient (Wildman–Crippen LogP) is 1.08. The summed E-state index contributed by atoms with van der Waals surface area (Å²) in [5.74, 6) is -0.374. The maximum atomic E-state index is 11.6. The average Bonchev–Trinajstić information content (AvgIpc) is 2.25. The van der Waals surface area contributed by atoms with Crippen molar-refractivity contribution in [1.29, 1.82) is 0 Å². The van der Waals surface area contributed by atoms with Gasteiger partial charge in [0.1, 0.15) is 11.6 Å². The zero-order chi connectivity index (χ0) is 12.9. The van der Waals surface area contributed by atoms with Gasteiger partial charge >= 0.3 is 5.97 Å². The highest BCUT2D eigenvalue weighted by Crippen LogP contribution is 2.09. The fourth-order valence-corrected chi connectivity index (χ4v) is 1.26. The lowest BCUT2D eigenvalue weighted by Gasteiger charge is -2.22. The maximum Gasteiger partial charge on any atom is 0.323 e. The van der Waals surface area contributed by atoms with E-state index in [0.29, 0.717) is 12.8 Å². The van der Waals surface area contributed by atoms with Crippen LogP contribution in [0.15, 0.2) is 18.6 Å². The number of carbonyl (C=O) groups excluding carboxylic acids is 1. The number of aromatic nitrogens is 2. The third-order valence-electron chi connectivity index (χ3n) is 2.04. The molecule has 1 atom stereocenters. The summed E-state index contributed by atoms with van der Waals surface area (Å²) in [6.45, 7) is 5.46. The maximum absolute atomic E-state index is 11.6. The summed E-state index contributed by atoms with van der Waals surface area (Å²) in [5, 5.41) is 0. The Hall–Kier alpha value is -1.49. The quantitative estimate of drug-likeness (QED) is 0.793. The number of aryl methyl sites for hydroxylation is 1. The fourth-order valence-electron chi connectivity index (χ4n) is 1.26. The number of ether oxygens (including phenoxy) is 1. The van der Waals surface area contributed by atoms with Gasteiger partial charge in [0, 0.05) is 18.6 Å². The lowest BCUT2D eigenvalue weighted by molar-refractivity contribution is -0.156. The molecule has 0 saturated carbocycles. The average molecular weight is 237 g/mol. The summed E-state index contributed by atoms with van der Waals surface area (Å²) in [7, 11) is 0. The molecular weight excluding hydrogens is 218 g/mol. The second-order valence-electron chi connectivity index (χ2n) is 4.88. The van der Waals surface area contributed by atoms with E-state index < -0.39 is 11.6 Å². The first-order valence-electron chi connectivity index (χ1n) is 5.62. The summed E-state index contributed by atoms with van der Waals surface area (Å²) >= 11 is 0. The van der Waals surface area contributed by atoms with Crippen molar-refractivity contribution in [3.05, 3.63) is 24.3 Å². The third kappa shape index (κ3) is 5.40. The van der Waals surface area contributed by atoms with Crippen LogP contribution in [-0.4, -0.2) is 27.6 Å². The molecule has 5 heteroatoms. The van der Waals surface area contributed by atoms with Gasteiger partial charge in [-0.3, -0.25) is 14.8 Å². The molecule has 5 nitrogen and oxygen atoms in total. The van der Waals surface area contributed by atoms with Gasteiger partial charge in [-0.1, -0.05) is 0 Å². The molecule has 0 amide bonds. The summed E-state index contributed by atoms with van der Waals surface area (Å²) in [6, 6.07) is -0.615. The van der Waals surface area contributed by atoms with Crippen LogP contribution in [0.1, 0.15) is 32.9 Å².